The van der Waals surface area contributed by atoms with Crippen LogP contribution in [0, 0.1) is 13.8 Å². The second-order valence-electron chi connectivity index (χ2n) is 6.24. The third-order valence-corrected chi connectivity index (χ3v) is 5.39. The Hall–Kier alpha value is -2.61. The van der Waals surface area contributed by atoms with Gasteiger partial charge in [-0.05, 0) is 42.7 Å². The average molecular weight is 372 g/mol. The van der Waals surface area contributed by atoms with Crippen molar-refractivity contribution in [3.05, 3.63) is 51.1 Å². The van der Waals surface area contributed by atoms with E-state index in [4.69, 9.17) is 10.2 Å². The number of rotatable bonds is 6. The van der Waals surface area contributed by atoms with Crippen LogP contribution in [0.4, 0.5) is 0 Å². The number of carbonyl (C=O) groups excluding carboxylic acids is 1. The average Bonchev–Trinajstić information content (AvgIpc) is 2.92. The molecule has 0 aliphatic rings. The van der Waals surface area contributed by atoms with Crippen molar-refractivity contribution < 1.29 is 9.21 Å². The maximum Gasteiger partial charge on any atom is 0.336 e. The summed E-state index contributed by atoms with van der Waals surface area (Å²) in [6.45, 7) is 4.02. The Morgan fingerprint density at radius 1 is 1.23 bits per heavy atom. The second-order valence-corrected chi connectivity index (χ2v) is 7.18. The van der Waals surface area contributed by atoms with E-state index in [9.17, 15) is 9.59 Å². The summed E-state index contributed by atoms with van der Waals surface area (Å²) in [6.07, 6.45) is 0.690. The van der Waals surface area contributed by atoms with Crippen LogP contribution in [0.25, 0.3) is 11.0 Å². The van der Waals surface area contributed by atoms with Gasteiger partial charge in [0.15, 0.2) is 5.16 Å². The number of hydrogen-bond donors (Lipinski definition) is 1. The number of carbonyl (C=O) groups is 1. The Balaban J connectivity index is 1.85. The molecule has 0 saturated carbocycles. The molecule has 0 atom stereocenters. The molecule has 0 bridgehead atoms. The molecule has 2 N–H and O–H groups in total. The monoisotopic (exact) mass is 372 g/mol. The van der Waals surface area contributed by atoms with Gasteiger partial charge in [0, 0.05) is 37.1 Å². The number of fused-ring (bicyclic) bond motifs is 1. The minimum absolute atomic E-state index is 0.236. The van der Waals surface area contributed by atoms with Gasteiger partial charge in [-0.2, -0.15) is 0 Å². The molecule has 1 amide bonds. The summed E-state index contributed by atoms with van der Waals surface area (Å²) in [5, 5.41) is 9.92. The van der Waals surface area contributed by atoms with Gasteiger partial charge in [0.25, 0.3) is 0 Å². The van der Waals surface area contributed by atoms with Crippen molar-refractivity contribution >= 4 is 28.6 Å². The minimum atomic E-state index is -0.365. The van der Waals surface area contributed by atoms with Crippen molar-refractivity contribution in [2.24, 2.45) is 12.8 Å². The van der Waals surface area contributed by atoms with Crippen molar-refractivity contribution in [2.45, 2.75) is 37.6 Å². The number of benzene rings is 1. The standard InChI is InChI=1S/C18H20N4O3S/c1-10-6-13-12(8-17(24)25-14(13)7-11(10)2)9-26-18-21-20-16(22(18)3)5-4-15(19)23/h6-8H,4-5,9H2,1-3H3,(H2,19,23). The van der Waals surface area contributed by atoms with Crippen LogP contribution in [0.15, 0.2) is 32.6 Å². The van der Waals surface area contributed by atoms with Gasteiger partial charge in [-0.25, -0.2) is 4.79 Å². The van der Waals surface area contributed by atoms with Crippen LogP contribution in [0.1, 0.15) is 28.9 Å². The molecule has 0 radical (unpaired) electrons. The van der Waals surface area contributed by atoms with Crippen LogP contribution in [0.2, 0.25) is 0 Å². The van der Waals surface area contributed by atoms with E-state index >= 15 is 0 Å². The number of thioether (sulfide) groups is 1. The van der Waals surface area contributed by atoms with E-state index in [1.807, 2.05) is 37.6 Å². The third kappa shape index (κ3) is 3.80. The SMILES string of the molecule is Cc1cc2oc(=O)cc(CSc3nnc(CCC(N)=O)n3C)c2cc1C. The molecule has 1 aromatic carbocycles. The first kappa shape index (κ1) is 18.2. The molecule has 3 aromatic rings. The first-order valence-corrected chi connectivity index (χ1v) is 9.17. The summed E-state index contributed by atoms with van der Waals surface area (Å²) in [4.78, 5) is 22.8. The van der Waals surface area contributed by atoms with E-state index < -0.39 is 0 Å². The largest absolute Gasteiger partial charge is 0.423 e. The van der Waals surface area contributed by atoms with Gasteiger partial charge in [-0.1, -0.05) is 11.8 Å². The van der Waals surface area contributed by atoms with E-state index in [1.165, 1.54) is 17.8 Å². The fourth-order valence-corrected chi connectivity index (χ4v) is 3.59. The summed E-state index contributed by atoms with van der Waals surface area (Å²) >= 11 is 1.48. The Kier molecular flexibility index (Phi) is 5.13. The molecular formula is C18H20N4O3S. The molecule has 0 saturated heterocycles. The molecule has 2 heterocycles. The van der Waals surface area contributed by atoms with Gasteiger partial charge in [0.2, 0.25) is 5.91 Å². The first-order chi connectivity index (χ1) is 12.3. The normalized spacial score (nSPS) is 11.2. The van der Waals surface area contributed by atoms with Gasteiger partial charge in [0.05, 0.1) is 0 Å². The van der Waals surface area contributed by atoms with Crippen LogP contribution in [-0.4, -0.2) is 20.7 Å². The Labute approximate surface area is 154 Å². The van der Waals surface area contributed by atoms with E-state index in [2.05, 4.69) is 10.2 Å². The van der Waals surface area contributed by atoms with Gasteiger partial charge >= 0.3 is 5.63 Å². The number of nitrogens with two attached hydrogens (primary N) is 1. The zero-order valence-corrected chi connectivity index (χ0v) is 15.7. The van der Waals surface area contributed by atoms with Crippen LogP contribution in [-0.2, 0) is 24.0 Å². The fraction of sp³-hybridized carbons (Fsp3) is 0.333. The highest BCUT2D eigenvalue weighted by atomic mass is 32.2. The lowest BCUT2D eigenvalue weighted by atomic mass is 10.0. The summed E-state index contributed by atoms with van der Waals surface area (Å²) in [5.74, 6) is 0.900. The van der Waals surface area contributed by atoms with Gasteiger partial charge in [0.1, 0.15) is 11.4 Å². The summed E-state index contributed by atoms with van der Waals surface area (Å²) in [6, 6.07) is 5.46. The van der Waals surface area contributed by atoms with Gasteiger partial charge < -0.3 is 14.7 Å². The number of aryl methyl sites for hydroxylation is 3. The Morgan fingerprint density at radius 3 is 2.69 bits per heavy atom. The van der Waals surface area contributed by atoms with Crippen LogP contribution in [0.5, 0.6) is 0 Å². The summed E-state index contributed by atoms with van der Waals surface area (Å²) < 4.78 is 7.17. The third-order valence-electron chi connectivity index (χ3n) is 4.32. The zero-order valence-electron chi connectivity index (χ0n) is 14.9. The number of nitrogens with zero attached hydrogens (tertiary/aromatic N) is 3. The molecule has 0 aliphatic heterocycles. The van der Waals surface area contributed by atoms with Crippen LogP contribution < -0.4 is 11.4 Å². The lowest BCUT2D eigenvalue weighted by Gasteiger charge is -2.08. The minimum Gasteiger partial charge on any atom is -0.423 e. The van der Waals surface area contributed by atoms with E-state index in [0.29, 0.717) is 23.6 Å². The molecule has 0 spiro atoms. The highest BCUT2D eigenvalue weighted by Gasteiger charge is 2.13. The van der Waals surface area contributed by atoms with E-state index in [0.717, 1.165) is 27.2 Å². The Bertz CT molecular complexity index is 1040. The summed E-state index contributed by atoms with van der Waals surface area (Å²) in [7, 11) is 1.85. The quantitative estimate of drug-likeness (QED) is 0.526. The Morgan fingerprint density at radius 2 is 1.96 bits per heavy atom. The van der Waals surface area contributed by atoms with Crippen molar-refractivity contribution in [2.75, 3.05) is 0 Å². The fourth-order valence-electron chi connectivity index (χ4n) is 2.67. The van der Waals surface area contributed by atoms with Gasteiger partial charge in [-0.3, -0.25) is 4.79 Å². The maximum absolute atomic E-state index is 11.9. The molecule has 2 aromatic heterocycles. The van der Waals surface area contributed by atoms with Gasteiger partial charge in [-0.15, -0.1) is 10.2 Å². The predicted octanol–water partition coefficient (Wildman–Crippen LogP) is 2.25. The molecule has 136 valence electrons. The topological polar surface area (TPSA) is 104 Å². The predicted molar refractivity (Wildman–Crippen MR) is 100 cm³/mol. The zero-order chi connectivity index (χ0) is 18.8. The van der Waals surface area contributed by atoms with Crippen molar-refractivity contribution in [1.82, 2.24) is 14.8 Å². The highest BCUT2D eigenvalue weighted by Crippen LogP contribution is 2.27. The van der Waals surface area contributed by atoms with E-state index in [1.54, 1.807) is 0 Å². The number of amides is 1. The van der Waals surface area contributed by atoms with Crippen molar-refractivity contribution in [3.63, 3.8) is 0 Å². The molecule has 0 aliphatic carbocycles. The molecule has 0 fully saturated rings. The van der Waals surface area contributed by atoms with E-state index in [-0.39, 0.29) is 18.0 Å². The molecule has 3 rings (SSSR count). The van der Waals surface area contributed by atoms with Crippen molar-refractivity contribution in [3.8, 4) is 0 Å². The number of aromatic nitrogens is 3. The number of hydrogen-bond acceptors (Lipinski definition) is 6. The van der Waals surface area contributed by atoms with Crippen LogP contribution >= 0.6 is 11.8 Å². The maximum atomic E-state index is 11.9. The van der Waals surface area contributed by atoms with Crippen LogP contribution in [0.3, 0.4) is 0 Å². The highest BCUT2D eigenvalue weighted by molar-refractivity contribution is 7.98. The summed E-state index contributed by atoms with van der Waals surface area (Å²) in [5.41, 5.74) is 8.53. The van der Waals surface area contributed by atoms with Crippen molar-refractivity contribution in [1.29, 1.82) is 0 Å². The molecule has 26 heavy (non-hydrogen) atoms. The molecular weight excluding hydrogens is 352 g/mol. The smallest absolute Gasteiger partial charge is 0.336 e. The molecule has 7 nitrogen and oxygen atoms in total. The second kappa shape index (κ2) is 7.33. The molecule has 0 unspecified atom stereocenters. The lowest BCUT2D eigenvalue weighted by Crippen LogP contribution is -2.12. The lowest BCUT2D eigenvalue weighted by molar-refractivity contribution is -0.118. The first-order valence-electron chi connectivity index (χ1n) is 8.18. The molecule has 8 heteroatoms. The number of primary amides is 1.